The number of furan rings is 1. The van der Waals surface area contributed by atoms with Gasteiger partial charge in [-0.15, -0.1) is 0 Å². The number of nitrogens with one attached hydrogen (secondary N) is 1. The number of allylic oxidation sites excluding steroid dienone is 3. The van der Waals surface area contributed by atoms with Gasteiger partial charge in [0.05, 0.1) is 19.1 Å². The fourth-order valence-electron chi connectivity index (χ4n) is 1.20. The van der Waals surface area contributed by atoms with E-state index < -0.39 is 0 Å². The molecule has 0 aliphatic carbocycles. The highest BCUT2D eigenvalue weighted by Gasteiger charge is 2.10. The summed E-state index contributed by atoms with van der Waals surface area (Å²) >= 11 is 0. The van der Waals surface area contributed by atoms with Crippen LogP contribution in [0.4, 0.5) is 0 Å². The lowest BCUT2D eigenvalue weighted by atomic mass is 10.3. The molecule has 0 bridgehead atoms. The molecule has 0 spiro atoms. The fourth-order valence-corrected chi connectivity index (χ4v) is 1.20. The van der Waals surface area contributed by atoms with Gasteiger partial charge in [0.1, 0.15) is 5.76 Å². The van der Waals surface area contributed by atoms with Crippen molar-refractivity contribution in [1.82, 2.24) is 5.32 Å². The Kier molecular flexibility index (Phi) is 4.39. The minimum Gasteiger partial charge on any atom is -0.495 e. The van der Waals surface area contributed by atoms with Crippen molar-refractivity contribution >= 4 is 5.91 Å². The second-order valence-electron chi connectivity index (χ2n) is 3.12. The monoisotopic (exact) mass is 221 g/mol. The first-order chi connectivity index (χ1) is 7.69. The largest absolute Gasteiger partial charge is 0.495 e. The zero-order chi connectivity index (χ0) is 12.0. The molecule has 0 unspecified atom stereocenters. The van der Waals surface area contributed by atoms with Crippen LogP contribution in [0.3, 0.4) is 0 Å². The number of carbonyl (C=O) groups is 1. The van der Waals surface area contributed by atoms with Crippen molar-refractivity contribution in [3.05, 3.63) is 47.8 Å². The molecule has 0 fully saturated rings. The van der Waals surface area contributed by atoms with Crippen molar-refractivity contribution in [3.8, 4) is 0 Å². The average molecular weight is 221 g/mol. The summed E-state index contributed by atoms with van der Waals surface area (Å²) in [5, 5.41) is 2.69. The van der Waals surface area contributed by atoms with Gasteiger partial charge in [0.15, 0.2) is 5.76 Å². The highest BCUT2D eigenvalue weighted by Crippen LogP contribution is 2.06. The highest BCUT2D eigenvalue weighted by molar-refractivity contribution is 5.92. The van der Waals surface area contributed by atoms with E-state index in [1.165, 1.54) is 6.26 Å². The predicted octanol–water partition coefficient (Wildman–Crippen LogP) is 2.46. The Morgan fingerprint density at radius 1 is 1.56 bits per heavy atom. The molecule has 4 nitrogen and oxygen atoms in total. The Bertz CT molecular complexity index is 402. The molecule has 0 aliphatic heterocycles. The Hall–Kier alpha value is -1.97. The van der Waals surface area contributed by atoms with E-state index in [0.29, 0.717) is 11.5 Å². The van der Waals surface area contributed by atoms with Crippen LogP contribution in [0.2, 0.25) is 0 Å². The molecule has 4 heteroatoms. The van der Waals surface area contributed by atoms with E-state index in [1.807, 2.05) is 13.0 Å². The van der Waals surface area contributed by atoms with Gasteiger partial charge in [-0.25, -0.2) is 0 Å². The van der Waals surface area contributed by atoms with Gasteiger partial charge in [0, 0.05) is 0 Å². The summed E-state index contributed by atoms with van der Waals surface area (Å²) in [6.07, 6.45) is 5.07. The first-order valence-electron chi connectivity index (χ1n) is 4.91. The van der Waals surface area contributed by atoms with Crippen LogP contribution in [0.15, 0.2) is 46.4 Å². The van der Waals surface area contributed by atoms with Crippen molar-refractivity contribution in [2.75, 3.05) is 7.11 Å². The molecule has 0 atom stereocenters. The molecule has 16 heavy (non-hydrogen) atoms. The Morgan fingerprint density at radius 3 is 2.81 bits per heavy atom. The molecule has 0 radical (unpaired) electrons. The van der Waals surface area contributed by atoms with Crippen molar-refractivity contribution in [2.24, 2.45) is 0 Å². The number of hydrogen-bond donors (Lipinski definition) is 1. The van der Waals surface area contributed by atoms with Gasteiger partial charge in [-0.3, -0.25) is 4.79 Å². The minimum atomic E-state index is -0.290. The van der Waals surface area contributed by atoms with E-state index in [-0.39, 0.29) is 11.7 Å². The van der Waals surface area contributed by atoms with Crippen LogP contribution < -0.4 is 5.32 Å². The van der Waals surface area contributed by atoms with E-state index in [1.54, 1.807) is 32.2 Å². The van der Waals surface area contributed by atoms with Crippen LogP contribution in [-0.4, -0.2) is 13.0 Å². The molecule has 1 aromatic heterocycles. The molecule has 86 valence electrons. The minimum absolute atomic E-state index is 0.273. The van der Waals surface area contributed by atoms with Crippen molar-refractivity contribution < 1.29 is 13.9 Å². The van der Waals surface area contributed by atoms with Gasteiger partial charge in [0.2, 0.25) is 0 Å². The lowest BCUT2D eigenvalue weighted by molar-refractivity contribution is 0.0936. The highest BCUT2D eigenvalue weighted by atomic mass is 16.5. The number of hydrogen-bond acceptors (Lipinski definition) is 3. The van der Waals surface area contributed by atoms with Gasteiger partial charge in [-0.05, 0) is 32.1 Å². The fraction of sp³-hybridized carbons (Fsp3) is 0.250. The third-order valence-electron chi connectivity index (χ3n) is 1.95. The van der Waals surface area contributed by atoms with Crippen molar-refractivity contribution in [2.45, 2.75) is 13.8 Å². The molecule has 0 aliphatic rings. The summed E-state index contributed by atoms with van der Waals surface area (Å²) in [5.41, 5.74) is 0.641. The average Bonchev–Trinajstić information content (AvgIpc) is 2.78. The number of carbonyl (C=O) groups excluding carboxylic acids is 1. The Balaban J connectivity index is 2.77. The third-order valence-corrected chi connectivity index (χ3v) is 1.95. The van der Waals surface area contributed by atoms with Crippen LogP contribution in [0.1, 0.15) is 24.4 Å². The first kappa shape index (κ1) is 12.1. The summed E-state index contributed by atoms with van der Waals surface area (Å²) in [6, 6.07) is 3.27. The van der Waals surface area contributed by atoms with Gasteiger partial charge in [-0.2, -0.15) is 0 Å². The van der Waals surface area contributed by atoms with E-state index >= 15 is 0 Å². The summed E-state index contributed by atoms with van der Waals surface area (Å²) in [5.74, 6) is 0.597. The number of amides is 1. The Morgan fingerprint density at radius 2 is 2.31 bits per heavy atom. The molecule has 1 heterocycles. The number of ether oxygens (including phenoxy) is 1. The molecule has 1 aromatic rings. The second-order valence-corrected chi connectivity index (χ2v) is 3.12. The normalized spacial score (nSPS) is 12.4. The molecule has 1 rings (SSSR count). The van der Waals surface area contributed by atoms with E-state index in [9.17, 15) is 4.79 Å². The standard InChI is InChI=1S/C12H15NO3/c1-4-6-10(15-3)9(2)13-12(14)11-7-5-8-16-11/h4-8H,1-3H3,(H,13,14)/b6-4-,10-9-. The molecular weight excluding hydrogens is 206 g/mol. The SMILES string of the molecule is C/C=C\C(OC)=C(/C)NC(=O)c1ccco1. The molecule has 1 amide bonds. The Labute approximate surface area is 94.6 Å². The maximum absolute atomic E-state index is 11.6. The van der Waals surface area contributed by atoms with E-state index in [4.69, 9.17) is 9.15 Å². The summed E-state index contributed by atoms with van der Waals surface area (Å²) < 4.78 is 10.1. The maximum Gasteiger partial charge on any atom is 0.291 e. The summed E-state index contributed by atoms with van der Waals surface area (Å²) in [7, 11) is 1.55. The molecule has 1 N–H and O–H groups in total. The van der Waals surface area contributed by atoms with Crippen LogP contribution >= 0.6 is 0 Å². The van der Waals surface area contributed by atoms with Gasteiger partial charge in [0.25, 0.3) is 5.91 Å². The zero-order valence-corrected chi connectivity index (χ0v) is 9.61. The molecular formula is C12H15NO3. The topological polar surface area (TPSA) is 51.5 Å². The summed E-state index contributed by atoms with van der Waals surface area (Å²) in [6.45, 7) is 3.64. The van der Waals surface area contributed by atoms with Crippen LogP contribution in [0, 0.1) is 0 Å². The van der Waals surface area contributed by atoms with Crippen LogP contribution in [0.5, 0.6) is 0 Å². The maximum atomic E-state index is 11.6. The van der Waals surface area contributed by atoms with Crippen LogP contribution in [0.25, 0.3) is 0 Å². The van der Waals surface area contributed by atoms with Gasteiger partial charge in [-0.1, -0.05) is 6.08 Å². The lowest BCUT2D eigenvalue weighted by Crippen LogP contribution is -2.22. The molecule has 0 saturated heterocycles. The molecule has 0 aromatic carbocycles. The second kappa shape index (κ2) is 5.80. The van der Waals surface area contributed by atoms with Crippen molar-refractivity contribution in [3.63, 3.8) is 0 Å². The van der Waals surface area contributed by atoms with E-state index in [2.05, 4.69) is 5.32 Å². The third kappa shape index (κ3) is 3.02. The number of rotatable bonds is 4. The van der Waals surface area contributed by atoms with Crippen LogP contribution in [-0.2, 0) is 4.74 Å². The zero-order valence-electron chi connectivity index (χ0n) is 9.61. The quantitative estimate of drug-likeness (QED) is 0.627. The van der Waals surface area contributed by atoms with Gasteiger partial charge >= 0.3 is 0 Å². The smallest absolute Gasteiger partial charge is 0.291 e. The van der Waals surface area contributed by atoms with E-state index in [0.717, 1.165) is 0 Å². The lowest BCUT2D eigenvalue weighted by Gasteiger charge is -2.07. The molecule has 0 saturated carbocycles. The van der Waals surface area contributed by atoms with Crippen molar-refractivity contribution in [1.29, 1.82) is 0 Å². The van der Waals surface area contributed by atoms with Gasteiger partial charge < -0.3 is 14.5 Å². The predicted molar refractivity (Wildman–Crippen MR) is 60.7 cm³/mol. The first-order valence-corrected chi connectivity index (χ1v) is 4.91. The summed E-state index contributed by atoms with van der Waals surface area (Å²) in [4.78, 5) is 11.6. The number of methoxy groups -OCH3 is 1.